The number of carboxylic acids is 1. The summed E-state index contributed by atoms with van der Waals surface area (Å²) in [4.78, 5) is 11.4. The van der Waals surface area contributed by atoms with Crippen molar-refractivity contribution in [3.8, 4) is 0 Å². The van der Waals surface area contributed by atoms with Gasteiger partial charge in [0.25, 0.3) is 0 Å². The van der Waals surface area contributed by atoms with E-state index in [1.165, 1.54) is 18.4 Å². The van der Waals surface area contributed by atoms with Crippen LogP contribution in [0.25, 0.3) is 0 Å². The van der Waals surface area contributed by atoms with Gasteiger partial charge < -0.3 is 14.8 Å². The number of hydrogen-bond acceptors (Lipinski definition) is 5. The van der Waals surface area contributed by atoms with Gasteiger partial charge in [-0.15, -0.1) is 0 Å². The highest BCUT2D eigenvalue weighted by molar-refractivity contribution is 7.89. The molecular weight excluding hydrogens is 344 g/mol. The summed E-state index contributed by atoms with van der Waals surface area (Å²) in [5.41, 5.74) is 0.322. The Morgan fingerprint density at radius 1 is 1.32 bits per heavy atom. The zero-order valence-electron chi connectivity index (χ0n) is 14.2. The van der Waals surface area contributed by atoms with E-state index < -0.39 is 16.0 Å². The lowest BCUT2D eigenvalue weighted by atomic mass is 10.1. The van der Waals surface area contributed by atoms with E-state index in [0.29, 0.717) is 11.4 Å². The Hall–Kier alpha value is -2.32. The molecule has 0 saturated carbocycles. The maximum atomic E-state index is 12.4. The second-order valence-corrected chi connectivity index (χ2v) is 7.52. The van der Waals surface area contributed by atoms with Crippen LogP contribution >= 0.6 is 0 Å². The highest BCUT2D eigenvalue weighted by atomic mass is 32.2. The van der Waals surface area contributed by atoms with Gasteiger partial charge in [0.2, 0.25) is 10.0 Å². The lowest BCUT2D eigenvalue weighted by Gasteiger charge is -2.17. The molecule has 3 N–H and O–H groups in total. The van der Waals surface area contributed by atoms with E-state index in [-0.39, 0.29) is 23.0 Å². The molecule has 2 rings (SSSR count). The van der Waals surface area contributed by atoms with E-state index in [0.717, 1.165) is 18.9 Å². The lowest BCUT2D eigenvalue weighted by molar-refractivity contribution is 0.0697. The number of carbonyl (C=O) groups is 1. The summed E-state index contributed by atoms with van der Waals surface area (Å²) < 4.78 is 32.2. The molecule has 0 spiro atoms. The number of benzene rings is 1. The third kappa shape index (κ3) is 5.07. The molecule has 1 aromatic heterocycles. The summed E-state index contributed by atoms with van der Waals surface area (Å²) in [6.07, 6.45) is 3.29. The van der Waals surface area contributed by atoms with Crippen LogP contribution in [0, 0.1) is 0 Å². The SMILES string of the molecule is CCC[C@@H](C)Nc1ccc(S(=O)(=O)NCc2ccco2)cc1C(=O)O. The van der Waals surface area contributed by atoms with E-state index in [1.54, 1.807) is 12.1 Å². The Balaban J connectivity index is 2.23. The Bertz CT molecular complexity index is 816. The number of aromatic carboxylic acids is 1. The quantitative estimate of drug-likeness (QED) is 0.629. The highest BCUT2D eigenvalue weighted by Crippen LogP contribution is 2.22. The number of rotatable bonds is 9. The van der Waals surface area contributed by atoms with E-state index in [4.69, 9.17) is 4.42 Å². The summed E-state index contributed by atoms with van der Waals surface area (Å²) in [6, 6.07) is 7.42. The molecule has 0 saturated heterocycles. The van der Waals surface area contributed by atoms with Crippen LogP contribution in [0.2, 0.25) is 0 Å². The Labute approximate surface area is 147 Å². The minimum atomic E-state index is -3.85. The van der Waals surface area contributed by atoms with Crippen molar-refractivity contribution in [2.45, 2.75) is 44.2 Å². The number of sulfonamides is 1. The number of nitrogens with one attached hydrogen (secondary N) is 2. The van der Waals surface area contributed by atoms with Gasteiger partial charge in [0, 0.05) is 11.7 Å². The largest absolute Gasteiger partial charge is 0.478 e. The van der Waals surface area contributed by atoms with Crippen molar-refractivity contribution in [3.05, 3.63) is 47.9 Å². The molecule has 8 heteroatoms. The molecule has 0 fully saturated rings. The third-order valence-electron chi connectivity index (χ3n) is 3.67. The van der Waals surface area contributed by atoms with Gasteiger partial charge in [-0.25, -0.2) is 17.9 Å². The summed E-state index contributed by atoms with van der Waals surface area (Å²) >= 11 is 0. The van der Waals surface area contributed by atoms with Crippen LogP contribution in [-0.2, 0) is 16.6 Å². The summed E-state index contributed by atoms with van der Waals surface area (Å²) in [6.45, 7) is 3.98. The number of anilines is 1. The van der Waals surface area contributed by atoms with Gasteiger partial charge in [0.15, 0.2) is 0 Å². The maximum Gasteiger partial charge on any atom is 0.337 e. The minimum Gasteiger partial charge on any atom is -0.478 e. The van der Waals surface area contributed by atoms with Gasteiger partial charge in [-0.2, -0.15) is 0 Å². The molecule has 0 aliphatic carbocycles. The zero-order chi connectivity index (χ0) is 18.4. The molecule has 0 bridgehead atoms. The van der Waals surface area contributed by atoms with Crippen LogP contribution in [0.3, 0.4) is 0 Å². The van der Waals surface area contributed by atoms with Gasteiger partial charge >= 0.3 is 5.97 Å². The fourth-order valence-corrected chi connectivity index (χ4v) is 3.45. The standard InChI is InChI=1S/C17H22N2O5S/c1-3-5-12(2)19-16-8-7-14(10-15(16)17(20)21)25(22,23)18-11-13-6-4-9-24-13/h4,6-10,12,18-19H,3,5,11H2,1-2H3,(H,20,21)/t12-/m1/s1. The molecule has 2 aromatic rings. The third-order valence-corrected chi connectivity index (χ3v) is 5.07. The van der Waals surface area contributed by atoms with Crippen molar-refractivity contribution in [3.63, 3.8) is 0 Å². The molecule has 1 heterocycles. The van der Waals surface area contributed by atoms with Crippen LogP contribution in [-0.4, -0.2) is 25.5 Å². The highest BCUT2D eigenvalue weighted by Gasteiger charge is 2.20. The predicted octanol–water partition coefficient (Wildman–Crippen LogP) is 3.06. The first-order valence-electron chi connectivity index (χ1n) is 7.99. The first-order valence-corrected chi connectivity index (χ1v) is 9.47. The summed E-state index contributed by atoms with van der Waals surface area (Å²) in [7, 11) is -3.85. The molecule has 0 aliphatic heterocycles. The molecule has 0 unspecified atom stereocenters. The molecule has 25 heavy (non-hydrogen) atoms. The van der Waals surface area contributed by atoms with Crippen LogP contribution in [0.5, 0.6) is 0 Å². The Kier molecular flexibility index (Phi) is 6.22. The molecular formula is C17H22N2O5S. The summed E-state index contributed by atoms with van der Waals surface area (Å²) in [5, 5.41) is 12.5. The number of hydrogen-bond donors (Lipinski definition) is 3. The van der Waals surface area contributed by atoms with Crippen molar-refractivity contribution in [1.29, 1.82) is 0 Å². The average molecular weight is 366 g/mol. The van der Waals surface area contributed by atoms with Crippen molar-refractivity contribution in [2.75, 3.05) is 5.32 Å². The van der Waals surface area contributed by atoms with Gasteiger partial charge in [0.1, 0.15) is 5.76 Å². The molecule has 7 nitrogen and oxygen atoms in total. The van der Waals surface area contributed by atoms with Crippen LogP contribution in [0.15, 0.2) is 45.9 Å². The van der Waals surface area contributed by atoms with Gasteiger partial charge in [-0.05, 0) is 43.7 Å². The second kappa shape index (κ2) is 8.17. The Morgan fingerprint density at radius 3 is 2.68 bits per heavy atom. The molecule has 0 radical (unpaired) electrons. The molecule has 1 atom stereocenters. The molecule has 136 valence electrons. The predicted molar refractivity (Wildman–Crippen MR) is 94.1 cm³/mol. The van der Waals surface area contributed by atoms with E-state index in [1.807, 2.05) is 13.8 Å². The van der Waals surface area contributed by atoms with Gasteiger partial charge in [0.05, 0.1) is 23.3 Å². The smallest absolute Gasteiger partial charge is 0.337 e. The van der Waals surface area contributed by atoms with Crippen molar-refractivity contribution < 1.29 is 22.7 Å². The topological polar surface area (TPSA) is 109 Å². The Morgan fingerprint density at radius 2 is 2.08 bits per heavy atom. The van der Waals surface area contributed by atoms with Crippen molar-refractivity contribution in [2.24, 2.45) is 0 Å². The fourth-order valence-electron chi connectivity index (χ4n) is 2.43. The first-order chi connectivity index (χ1) is 11.8. The van der Waals surface area contributed by atoms with E-state index in [9.17, 15) is 18.3 Å². The van der Waals surface area contributed by atoms with Gasteiger partial charge in [-0.3, -0.25) is 0 Å². The van der Waals surface area contributed by atoms with Crippen LogP contribution in [0.1, 0.15) is 42.8 Å². The lowest BCUT2D eigenvalue weighted by Crippen LogP contribution is -2.24. The average Bonchev–Trinajstić information content (AvgIpc) is 3.06. The monoisotopic (exact) mass is 366 g/mol. The van der Waals surface area contributed by atoms with Gasteiger partial charge in [-0.1, -0.05) is 13.3 Å². The zero-order valence-corrected chi connectivity index (χ0v) is 15.0. The molecule has 1 aromatic carbocycles. The number of carboxylic acid groups (broad SMARTS) is 1. The van der Waals surface area contributed by atoms with Crippen LogP contribution in [0.4, 0.5) is 5.69 Å². The maximum absolute atomic E-state index is 12.4. The normalized spacial score (nSPS) is 12.7. The van der Waals surface area contributed by atoms with Crippen molar-refractivity contribution >= 4 is 21.7 Å². The van der Waals surface area contributed by atoms with Crippen LogP contribution < -0.4 is 10.0 Å². The van der Waals surface area contributed by atoms with E-state index >= 15 is 0 Å². The minimum absolute atomic E-state index is 0.00866. The number of furan rings is 1. The fraction of sp³-hybridized carbons (Fsp3) is 0.353. The second-order valence-electron chi connectivity index (χ2n) is 5.75. The molecule has 0 aliphatic rings. The van der Waals surface area contributed by atoms with Crippen molar-refractivity contribution in [1.82, 2.24) is 4.72 Å². The summed E-state index contributed by atoms with van der Waals surface area (Å²) in [5.74, 6) is -0.719. The first kappa shape index (κ1) is 19.0. The molecule has 0 amide bonds. The van der Waals surface area contributed by atoms with E-state index in [2.05, 4.69) is 10.0 Å².